The molecule has 3 nitrogen and oxygen atoms in total. The van der Waals surface area contributed by atoms with Gasteiger partial charge in [-0.15, -0.1) is 11.3 Å². The van der Waals surface area contributed by atoms with Gasteiger partial charge in [-0.2, -0.15) is 5.10 Å². The molecule has 2 aromatic heterocycles. The van der Waals surface area contributed by atoms with Gasteiger partial charge in [0, 0.05) is 18.1 Å². The summed E-state index contributed by atoms with van der Waals surface area (Å²) in [5.41, 5.74) is 1.96. The predicted molar refractivity (Wildman–Crippen MR) is 64.0 cm³/mol. The highest BCUT2D eigenvalue weighted by molar-refractivity contribution is 9.11. The number of hydrogen-bond acceptors (Lipinski definition) is 3. The van der Waals surface area contributed by atoms with Gasteiger partial charge in [0.15, 0.2) is 0 Å². The predicted octanol–water partition coefficient (Wildman–Crippen LogP) is 2.63. The molecule has 0 saturated heterocycles. The van der Waals surface area contributed by atoms with E-state index >= 15 is 0 Å². The second-order valence-electron chi connectivity index (χ2n) is 3.39. The van der Waals surface area contributed by atoms with Gasteiger partial charge in [-0.25, -0.2) is 0 Å². The van der Waals surface area contributed by atoms with Crippen LogP contribution in [0.5, 0.6) is 0 Å². The highest BCUT2D eigenvalue weighted by atomic mass is 79.9. The van der Waals surface area contributed by atoms with Crippen molar-refractivity contribution in [2.45, 2.75) is 13.0 Å². The molecule has 0 bridgehead atoms. The van der Waals surface area contributed by atoms with E-state index in [1.165, 1.54) is 0 Å². The minimum atomic E-state index is -0.590. The number of halogens is 1. The molecule has 15 heavy (non-hydrogen) atoms. The summed E-state index contributed by atoms with van der Waals surface area (Å²) in [4.78, 5) is 0.933. The van der Waals surface area contributed by atoms with Crippen molar-refractivity contribution in [3.05, 3.63) is 38.3 Å². The Morgan fingerprint density at radius 2 is 2.33 bits per heavy atom. The Kier molecular flexibility index (Phi) is 2.95. The van der Waals surface area contributed by atoms with Crippen LogP contribution in [0.25, 0.3) is 0 Å². The lowest BCUT2D eigenvalue weighted by molar-refractivity contribution is 0.213. The molecule has 0 radical (unpaired) electrons. The molecule has 1 N–H and O–H groups in total. The van der Waals surface area contributed by atoms with Gasteiger partial charge in [0.05, 0.1) is 9.48 Å². The van der Waals surface area contributed by atoms with Crippen LogP contribution < -0.4 is 0 Å². The van der Waals surface area contributed by atoms with Crippen molar-refractivity contribution < 1.29 is 5.11 Å². The molecule has 2 heterocycles. The van der Waals surface area contributed by atoms with E-state index in [0.717, 1.165) is 19.9 Å². The summed E-state index contributed by atoms with van der Waals surface area (Å²) in [7, 11) is 1.83. The Hall–Kier alpha value is -0.650. The molecular weight excluding hydrogens is 276 g/mol. The molecule has 0 aliphatic rings. The Labute approximate surface area is 100 Å². The number of aliphatic hydroxyl groups excluding tert-OH is 1. The van der Waals surface area contributed by atoms with Gasteiger partial charge in [-0.1, -0.05) is 0 Å². The van der Waals surface area contributed by atoms with Crippen molar-refractivity contribution in [2.75, 3.05) is 0 Å². The molecule has 0 aliphatic carbocycles. The largest absolute Gasteiger partial charge is 0.381 e. The fraction of sp³-hybridized carbons (Fsp3) is 0.300. The van der Waals surface area contributed by atoms with E-state index in [9.17, 15) is 5.11 Å². The van der Waals surface area contributed by atoms with Gasteiger partial charge in [0.25, 0.3) is 0 Å². The zero-order valence-electron chi connectivity index (χ0n) is 8.44. The summed E-state index contributed by atoms with van der Waals surface area (Å²) in [5.74, 6) is 0. The Bertz CT molecular complexity index is 458. The van der Waals surface area contributed by atoms with Crippen molar-refractivity contribution in [3.63, 3.8) is 0 Å². The number of aryl methyl sites for hydroxylation is 2. The Morgan fingerprint density at radius 1 is 1.60 bits per heavy atom. The molecule has 80 valence electrons. The topological polar surface area (TPSA) is 38.1 Å². The van der Waals surface area contributed by atoms with Gasteiger partial charge < -0.3 is 5.11 Å². The third-order valence-corrected chi connectivity index (χ3v) is 4.47. The molecule has 0 saturated carbocycles. The van der Waals surface area contributed by atoms with Gasteiger partial charge in [0.2, 0.25) is 0 Å². The normalized spacial score (nSPS) is 13.1. The number of nitrogens with zero attached hydrogens (tertiary/aromatic N) is 2. The molecular formula is C10H11BrN2OS. The number of aliphatic hydroxyl groups is 1. The van der Waals surface area contributed by atoms with Crippen LogP contribution in [0.4, 0.5) is 0 Å². The molecule has 0 spiro atoms. The lowest BCUT2D eigenvalue weighted by atomic mass is 10.2. The SMILES string of the molecule is Cc1cc(C(O)c2ccnn2C)sc1Br. The van der Waals surface area contributed by atoms with E-state index in [1.807, 2.05) is 26.1 Å². The average molecular weight is 287 g/mol. The minimum Gasteiger partial charge on any atom is -0.381 e. The van der Waals surface area contributed by atoms with Gasteiger partial charge >= 0.3 is 0 Å². The summed E-state index contributed by atoms with van der Waals surface area (Å²) in [5, 5.41) is 14.2. The first-order chi connectivity index (χ1) is 7.09. The highest BCUT2D eigenvalue weighted by Crippen LogP contribution is 2.33. The van der Waals surface area contributed by atoms with Crippen molar-refractivity contribution >= 4 is 27.3 Å². The van der Waals surface area contributed by atoms with Crippen LogP contribution in [0, 0.1) is 6.92 Å². The van der Waals surface area contributed by atoms with E-state index in [-0.39, 0.29) is 0 Å². The van der Waals surface area contributed by atoms with Crippen molar-refractivity contribution in [3.8, 4) is 0 Å². The molecule has 1 atom stereocenters. The van der Waals surface area contributed by atoms with Gasteiger partial charge in [0.1, 0.15) is 6.10 Å². The lowest BCUT2D eigenvalue weighted by Gasteiger charge is -2.08. The maximum Gasteiger partial charge on any atom is 0.130 e. The number of thiophene rings is 1. The molecule has 0 aliphatic heterocycles. The maximum absolute atomic E-state index is 10.1. The Morgan fingerprint density at radius 3 is 2.80 bits per heavy atom. The van der Waals surface area contributed by atoms with E-state index in [0.29, 0.717) is 0 Å². The monoisotopic (exact) mass is 286 g/mol. The lowest BCUT2D eigenvalue weighted by Crippen LogP contribution is -2.04. The van der Waals surface area contributed by atoms with Crippen LogP contribution >= 0.6 is 27.3 Å². The first-order valence-corrected chi connectivity index (χ1v) is 6.12. The Balaban J connectivity index is 2.36. The fourth-order valence-electron chi connectivity index (χ4n) is 1.42. The third-order valence-electron chi connectivity index (χ3n) is 2.28. The summed E-state index contributed by atoms with van der Waals surface area (Å²) in [6.45, 7) is 2.01. The molecule has 0 aromatic carbocycles. The number of aromatic nitrogens is 2. The number of rotatable bonds is 2. The van der Waals surface area contributed by atoms with Crippen LogP contribution in [0.15, 0.2) is 22.1 Å². The van der Waals surface area contributed by atoms with Crippen molar-refractivity contribution in [2.24, 2.45) is 7.05 Å². The van der Waals surface area contributed by atoms with Crippen LogP contribution in [-0.4, -0.2) is 14.9 Å². The summed E-state index contributed by atoms with van der Waals surface area (Å²) in [6, 6.07) is 3.82. The second kappa shape index (κ2) is 4.08. The fourth-order valence-corrected chi connectivity index (χ4v) is 2.99. The smallest absolute Gasteiger partial charge is 0.130 e. The third kappa shape index (κ3) is 2.00. The molecule has 2 aromatic rings. The molecule has 0 fully saturated rings. The van der Waals surface area contributed by atoms with Crippen LogP contribution in [0.1, 0.15) is 22.2 Å². The van der Waals surface area contributed by atoms with E-state index in [4.69, 9.17) is 0 Å². The zero-order chi connectivity index (χ0) is 11.0. The molecule has 1 unspecified atom stereocenters. The van der Waals surface area contributed by atoms with Crippen LogP contribution in [0.2, 0.25) is 0 Å². The zero-order valence-corrected chi connectivity index (χ0v) is 10.8. The van der Waals surface area contributed by atoms with Gasteiger partial charge in [-0.05, 0) is 40.5 Å². The standard InChI is InChI=1S/C10H11BrN2OS/c1-6-5-8(15-10(6)11)9(14)7-3-4-12-13(7)2/h3-5,9,14H,1-2H3. The van der Waals surface area contributed by atoms with E-state index in [1.54, 1.807) is 22.2 Å². The summed E-state index contributed by atoms with van der Waals surface area (Å²) >= 11 is 5.01. The first-order valence-electron chi connectivity index (χ1n) is 4.51. The molecule has 5 heteroatoms. The van der Waals surface area contributed by atoms with Gasteiger partial charge in [-0.3, -0.25) is 4.68 Å². The van der Waals surface area contributed by atoms with Crippen molar-refractivity contribution in [1.82, 2.24) is 9.78 Å². The maximum atomic E-state index is 10.1. The number of hydrogen-bond donors (Lipinski definition) is 1. The minimum absolute atomic E-state index is 0.590. The van der Waals surface area contributed by atoms with Crippen LogP contribution in [-0.2, 0) is 7.05 Å². The van der Waals surface area contributed by atoms with Crippen LogP contribution in [0.3, 0.4) is 0 Å². The highest BCUT2D eigenvalue weighted by Gasteiger charge is 2.17. The van der Waals surface area contributed by atoms with E-state index in [2.05, 4.69) is 21.0 Å². The summed E-state index contributed by atoms with van der Waals surface area (Å²) < 4.78 is 2.76. The van der Waals surface area contributed by atoms with E-state index < -0.39 is 6.10 Å². The molecule has 0 amide bonds. The summed E-state index contributed by atoms with van der Waals surface area (Å²) in [6.07, 6.45) is 1.10. The second-order valence-corrected chi connectivity index (χ2v) is 5.79. The first kappa shape index (κ1) is 10.9. The average Bonchev–Trinajstić information content (AvgIpc) is 2.74. The quantitative estimate of drug-likeness (QED) is 0.922. The van der Waals surface area contributed by atoms with Crippen molar-refractivity contribution in [1.29, 1.82) is 0 Å². The molecule has 2 rings (SSSR count).